The van der Waals surface area contributed by atoms with Gasteiger partial charge < -0.3 is 14.9 Å². The van der Waals surface area contributed by atoms with E-state index in [9.17, 15) is 0 Å². The Kier molecular flexibility index (Phi) is 2.82. The van der Waals surface area contributed by atoms with Crippen LogP contribution in [0.2, 0.25) is 0 Å². The quantitative estimate of drug-likeness (QED) is 0.781. The number of aryl methyl sites for hydroxylation is 3. The Morgan fingerprint density at radius 1 is 1.40 bits per heavy atom. The highest BCUT2D eigenvalue weighted by Gasteiger charge is 2.00. The van der Waals surface area contributed by atoms with Gasteiger partial charge in [-0.25, -0.2) is 9.97 Å². The van der Waals surface area contributed by atoms with Crippen LogP contribution in [-0.4, -0.2) is 19.1 Å². The predicted molar refractivity (Wildman–Crippen MR) is 57.0 cm³/mol. The van der Waals surface area contributed by atoms with Crippen LogP contribution < -0.4 is 5.73 Å². The molecule has 15 heavy (non-hydrogen) atoms. The van der Waals surface area contributed by atoms with Gasteiger partial charge in [-0.3, -0.25) is 0 Å². The van der Waals surface area contributed by atoms with Crippen molar-refractivity contribution in [3.8, 4) is 0 Å². The maximum Gasteiger partial charge on any atom is 0.110 e. The molecule has 0 aliphatic rings. The number of rotatable bonds is 4. The lowest BCUT2D eigenvalue weighted by atomic mass is 10.4. The van der Waals surface area contributed by atoms with Crippen molar-refractivity contribution in [1.29, 1.82) is 0 Å². The fourth-order valence-corrected chi connectivity index (χ4v) is 1.50. The summed E-state index contributed by atoms with van der Waals surface area (Å²) in [5.41, 5.74) is 6.41. The van der Waals surface area contributed by atoms with E-state index >= 15 is 0 Å². The van der Waals surface area contributed by atoms with Crippen molar-refractivity contribution in [2.45, 2.75) is 19.5 Å². The van der Waals surface area contributed by atoms with Crippen molar-refractivity contribution < 1.29 is 0 Å². The first-order valence-corrected chi connectivity index (χ1v) is 4.96. The largest absolute Gasteiger partial charge is 0.338 e. The summed E-state index contributed by atoms with van der Waals surface area (Å²) in [7, 11) is 2.00. The molecule has 0 saturated carbocycles. The molecule has 2 N–H and O–H groups in total. The third-order valence-electron chi connectivity index (χ3n) is 2.41. The highest BCUT2D eigenvalue weighted by Crippen LogP contribution is 2.00. The lowest BCUT2D eigenvalue weighted by molar-refractivity contribution is 0.649. The number of hydrogen-bond acceptors (Lipinski definition) is 3. The zero-order chi connectivity index (χ0) is 10.7. The maximum atomic E-state index is 5.49. The van der Waals surface area contributed by atoms with Gasteiger partial charge in [0.1, 0.15) is 5.82 Å². The molecular weight excluding hydrogens is 190 g/mol. The van der Waals surface area contributed by atoms with Crippen LogP contribution in [0.5, 0.6) is 0 Å². The summed E-state index contributed by atoms with van der Waals surface area (Å²) in [5.74, 6) is 1.08. The summed E-state index contributed by atoms with van der Waals surface area (Å²) in [6.45, 7) is 1.38. The number of hydrogen-bond donors (Lipinski definition) is 1. The SMILES string of the molecule is Cn1ccnc1CCn1cnc(CN)c1. The van der Waals surface area contributed by atoms with Crippen molar-refractivity contribution in [3.63, 3.8) is 0 Å². The van der Waals surface area contributed by atoms with E-state index < -0.39 is 0 Å². The first-order chi connectivity index (χ1) is 7.29. The molecule has 0 atom stereocenters. The van der Waals surface area contributed by atoms with E-state index in [0.717, 1.165) is 24.5 Å². The Morgan fingerprint density at radius 3 is 2.87 bits per heavy atom. The van der Waals surface area contributed by atoms with Gasteiger partial charge >= 0.3 is 0 Å². The monoisotopic (exact) mass is 205 g/mol. The zero-order valence-electron chi connectivity index (χ0n) is 8.80. The fourth-order valence-electron chi connectivity index (χ4n) is 1.50. The summed E-state index contributed by atoms with van der Waals surface area (Å²) < 4.78 is 4.07. The lowest BCUT2D eigenvalue weighted by Gasteiger charge is -2.02. The molecule has 0 spiro atoms. The van der Waals surface area contributed by atoms with Crippen molar-refractivity contribution in [3.05, 3.63) is 36.4 Å². The molecule has 5 nitrogen and oxygen atoms in total. The molecule has 5 heteroatoms. The van der Waals surface area contributed by atoms with Gasteiger partial charge in [0.15, 0.2) is 0 Å². The van der Waals surface area contributed by atoms with E-state index in [4.69, 9.17) is 5.73 Å². The summed E-state index contributed by atoms with van der Waals surface area (Å²) in [6.07, 6.45) is 8.46. The van der Waals surface area contributed by atoms with Crippen molar-refractivity contribution in [2.75, 3.05) is 0 Å². The average molecular weight is 205 g/mol. The van der Waals surface area contributed by atoms with Gasteiger partial charge in [0.25, 0.3) is 0 Å². The number of nitrogens with zero attached hydrogens (tertiary/aromatic N) is 4. The Balaban J connectivity index is 1.96. The molecule has 0 aliphatic carbocycles. The molecule has 2 aromatic rings. The number of nitrogens with two attached hydrogens (primary N) is 1. The summed E-state index contributed by atoms with van der Waals surface area (Å²) >= 11 is 0. The Labute approximate surface area is 88.6 Å². The molecule has 0 unspecified atom stereocenters. The lowest BCUT2D eigenvalue weighted by Crippen LogP contribution is -2.04. The number of aromatic nitrogens is 4. The van der Waals surface area contributed by atoms with Crippen LogP contribution >= 0.6 is 0 Å². The van der Waals surface area contributed by atoms with Crippen LogP contribution in [0.1, 0.15) is 11.5 Å². The van der Waals surface area contributed by atoms with Crippen molar-refractivity contribution >= 4 is 0 Å². The minimum Gasteiger partial charge on any atom is -0.338 e. The molecule has 0 radical (unpaired) electrons. The Bertz CT molecular complexity index is 428. The Morgan fingerprint density at radius 2 is 2.27 bits per heavy atom. The second-order valence-corrected chi connectivity index (χ2v) is 3.51. The standard InChI is InChI=1S/C10H15N5/c1-14-5-3-12-10(14)2-4-15-7-9(6-11)13-8-15/h3,5,7-8H,2,4,6,11H2,1H3. The van der Waals surface area contributed by atoms with Crippen LogP contribution in [0.4, 0.5) is 0 Å². The Hall–Kier alpha value is -1.62. The van der Waals surface area contributed by atoms with Gasteiger partial charge in [-0.2, -0.15) is 0 Å². The minimum absolute atomic E-state index is 0.495. The van der Waals surface area contributed by atoms with E-state index in [1.54, 1.807) is 0 Å². The van der Waals surface area contributed by atoms with Gasteiger partial charge in [0.05, 0.1) is 12.0 Å². The molecule has 0 saturated heterocycles. The van der Waals surface area contributed by atoms with Crippen LogP contribution in [0.3, 0.4) is 0 Å². The summed E-state index contributed by atoms with van der Waals surface area (Å²) in [6, 6.07) is 0. The second kappa shape index (κ2) is 4.27. The maximum absolute atomic E-state index is 5.49. The van der Waals surface area contributed by atoms with Crippen LogP contribution in [-0.2, 0) is 26.6 Å². The molecule has 80 valence electrons. The molecule has 0 aliphatic heterocycles. The molecule has 0 fully saturated rings. The molecule has 0 aromatic carbocycles. The van der Waals surface area contributed by atoms with Gasteiger partial charge in [-0.05, 0) is 0 Å². The highest BCUT2D eigenvalue weighted by atomic mass is 15.1. The van der Waals surface area contributed by atoms with E-state index in [2.05, 4.69) is 9.97 Å². The van der Waals surface area contributed by atoms with Gasteiger partial charge in [-0.15, -0.1) is 0 Å². The zero-order valence-corrected chi connectivity index (χ0v) is 8.80. The smallest absolute Gasteiger partial charge is 0.110 e. The average Bonchev–Trinajstić information content (AvgIpc) is 2.84. The molecular formula is C10H15N5. The highest BCUT2D eigenvalue weighted by molar-refractivity contribution is 4.97. The summed E-state index contributed by atoms with van der Waals surface area (Å²) in [5, 5.41) is 0. The van der Waals surface area contributed by atoms with E-state index in [1.807, 2.05) is 41.1 Å². The number of imidazole rings is 2. The van der Waals surface area contributed by atoms with Crippen molar-refractivity contribution in [2.24, 2.45) is 12.8 Å². The van der Waals surface area contributed by atoms with Gasteiger partial charge in [-0.1, -0.05) is 0 Å². The normalized spacial score (nSPS) is 10.8. The van der Waals surface area contributed by atoms with Gasteiger partial charge in [0, 0.05) is 45.1 Å². The van der Waals surface area contributed by atoms with Crippen molar-refractivity contribution in [1.82, 2.24) is 19.1 Å². The molecule has 2 rings (SSSR count). The molecule has 0 amide bonds. The molecule has 0 bridgehead atoms. The predicted octanol–water partition coefficient (Wildman–Crippen LogP) is 0.318. The fraction of sp³-hybridized carbons (Fsp3) is 0.400. The third-order valence-corrected chi connectivity index (χ3v) is 2.41. The van der Waals surface area contributed by atoms with Crippen LogP contribution in [0, 0.1) is 0 Å². The van der Waals surface area contributed by atoms with Crippen LogP contribution in [0.25, 0.3) is 0 Å². The second-order valence-electron chi connectivity index (χ2n) is 3.51. The molecule has 2 aromatic heterocycles. The van der Waals surface area contributed by atoms with Gasteiger partial charge in [0.2, 0.25) is 0 Å². The first-order valence-electron chi connectivity index (χ1n) is 4.96. The first kappa shape index (κ1) is 9.92. The minimum atomic E-state index is 0.495. The topological polar surface area (TPSA) is 61.7 Å². The summed E-state index contributed by atoms with van der Waals surface area (Å²) in [4.78, 5) is 8.43. The van der Waals surface area contributed by atoms with E-state index in [0.29, 0.717) is 6.54 Å². The van der Waals surface area contributed by atoms with Crippen LogP contribution in [0.15, 0.2) is 24.9 Å². The third kappa shape index (κ3) is 2.24. The van der Waals surface area contributed by atoms with E-state index in [1.165, 1.54) is 0 Å². The molecule has 2 heterocycles. The van der Waals surface area contributed by atoms with E-state index in [-0.39, 0.29) is 0 Å².